The third kappa shape index (κ3) is 4.28. The second kappa shape index (κ2) is 8.60. The molecule has 0 unspecified atom stereocenters. The van der Waals surface area contributed by atoms with Crippen LogP contribution in [0.15, 0.2) is 36.7 Å². The summed E-state index contributed by atoms with van der Waals surface area (Å²) in [5.41, 5.74) is 0.459. The van der Waals surface area contributed by atoms with Crippen LogP contribution in [0.3, 0.4) is 0 Å². The first kappa shape index (κ1) is 18.1. The van der Waals surface area contributed by atoms with Crippen LogP contribution in [0.5, 0.6) is 0 Å². The van der Waals surface area contributed by atoms with Crippen molar-refractivity contribution in [3.63, 3.8) is 0 Å². The lowest BCUT2D eigenvalue weighted by molar-refractivity contribution is 0.0787. The zero-order chi connectivity index (χ0) is 18.4. The first-order valence-electron chi connectivity index (χ1n) is 9.18. The van der Waals surface area contributed by atoms with Crippen molar-refractivity contribution in [1.82, 2.24) is 19.9 Å². The van der Waals surface area contributed by atoms with Crippen LogP contribution in [0, 0.1) is 0 Å². The highest BCUT2D eigenvalue weighted by Gasteiger charge is 2.21. The van der Waals surface area contributed by atoms with Crippen molar-refractivity contribution in [3.8, 4) is 0 Å². The lowest BCUT2D eigenvalue weighted by atomic mass is 10.3. The van der Waals surface area contributed by atoms with E-state index in [9.17, 15) is 4.79 Å². The Bertz CT molecular complexity index is 715. The number of pyridine rings is 1. The topological polar surface area (TPSA) is 65.5 Å². The molecule has 0 N–H and O–H groups in total. The molecule has 26 heavy (non-hydrogen) atoms. The second-order valence-electron chi connectivity index (χ2n) is 6.48. The number of hydrogen-bond acceptors (Lipinski definition) is 6. The van der Waals surface area contributed by atoms with E-state index < -0.39 is 0 Å². The maximum atomic E-state index is 12.5. The summed E-state index contributed by atoms with van der Waals surface area (Å²) in [5.74, 6) is 1.57. The van der Waals surface area contributed by atoms with E-state index in [1.807, 2.05) is 31.4 Å². The molecule has 1 amide bonds. The van der Waals surface area contributed by atoms with Crippen LogP contribution >= 0.6 is 0 Å². The Morgan fingerprint density at radius 2 is 1.85 bits per heavy atom. The van der Waals surface area contributed by atoms with E-state index in [2.05, 4.69) is 31.7 Å². The first-order chi connectivity index (χ1) is 12.7. The Labute approximate surface area is 154 Å². The number of piperazine rings is 1. The van der Waals surface area contributed by atoms with E-state index in [4.69, 9.17) is 0 Å². The van der Waals surface area contributed by atoms with Crippen molar-refractivity contribution in [2.24, 2.45) is 0 Å². The summed E-state index contributed by atoms with van der Waals surface area (Å²) in [7, 11) is 1.82. The molecule has 1 aliphatic rings. The number of amides is 1. The zero-order valence-electron chi connectivity index (χ0n) is 15.5. The third-order valence-electron chi connectivity index (χ3n) is 4.59. The van der Waals surface area contributed by atoms with Crippen LogP contribution in [0.2, 0.25) is 0 Å². The Morgan fingerprint density at radius 1 is 1.08 bits per heavy atom. The van der Waals surface area contributed by atoms with Gasteiger partial charge < -0.3 is 14.7 Å². The minimum atomic E-state index is -0.0470. The molecule has 0 aromatic carbocycles. The molecule has 7 heteroatoms. The molecule has 0 radical (unpaired) electrons. The van der Waals surface area contributed by atoms with Crippen molar-refractivity contribution in [2.45, 2.75) is 19.8 Å². The van der Waals surface area contributed by atoms with E-state index in [-0.39, 0.29) is 5.91 Å². The lowest BCUT2D eigenvalue weighted by Crippen LogP contribution is -2.47. The Kier molecular flexibility index (Phi) is 5.99. The van der Waals surface area contributed by atoms with E-state index in [1.54, 1.807) is 17.2 Å². The molecule has 0 aliphatic carbocycles. The minimum absolute atomic E-state index is 0.0470. The molecule has 1 fully saturated rings. The quantitative estimate of drug-likeness (QED) is 0.791. The van der Waals surface area contributed by atoms with Crippen molar-refractivity contribution in [3.05, 3.63) is 42.4 Å². The average Bonchev–Trinajstić information content (AvgIpc) is 2.72. The van der Waals surface area contributed by atoms with Crippen LogP contribution in [0.25, 0.3) is 0 Å². The van der Waals surface area contributed by atoms with Crippen molar-refractivity contribution in [1.29, 1.82) is 0 Å². The van der Waals surface area contributed by atoms with Crippen LogP contribution in [-0.4, -0.2) is 65.5 Å². The third-order valence-corrected chi connectivity index (χ3v) is 4.59. The van der Waals surface area contributed by atoms with Gasteiger partial charge in [-0.1, -0.05) is 19.4 Å². The van der Waals surface area contributed by atoms with Crippen LogP contribution < -0.4 is 9.80 Å². The van der Waals surface area contributed by atoms with Gasteiger partial charge in [0.1, 0.15) is 11.5 Å². The van der Waals surface area contributed by atoms with Crippen LogP contribution in [0.1, 0.15) is 30.3 Å². The fourth-order valence-electron chi connectivity index (χ4n) is 2.99. The number of carbonyl (C=O) groups excluding carboxylic acids is 1. The van der Waals surface area contributed by atoms with Gasteiger partial charge in [-0.2, -0.15) is 0 Å². The van der Waals surface area contributed by atoms with Crippen LogP contribution in [-0.2, 0) is 0 Å². The number of hydrogen-bond donors (Lipinski definition) is 0. The summed E-state index contributed by atoms with van der Waals surface area (Å²) in [5, 5.41) is 0. The minimum Gasteiger partial charge on any atom is -0.353 e. The number of anilines is 2. The van der Waals surface area contributed by atoms with Crippen LogP contribution in [0.4, 0.5) is 11.8 Å². The predicted molar refractivity (Wildman–Crippen MR) is 103 cm³/mol. The Balaban J connectivity index is 1.63. The Hall–Kier alpha value is -2.70. The molecule has 7 nitrogen and oxygen atoms in total. The van der Waals surface area contributed by atoms with E-state index >= 15 is 0 Å². The highest BCUT2D eigenvalue weighted by atomic mass is 16.2. The van der Waals surface area contributed by atoms with Gasteiger partial charge in [0.25, 0.3) is 5.91 Å². The number of nitrogens with zero attached hydrogens (tertiary/aromatic N) is 6. The summed E-state index contributed by atoms with van der Waals surface area (Å²) in [6.07, 6.45) is 5.55. The molecule has 0 atom stereocenters. The Morgan fingerprint density at radius 3 is 2.54 bits per heavy atom. The van der Waals surface area contributed by atoms with Gasteiger partial charge in [0.15, 0.2) is 0 Å². The fraction of sp³-hybridized carbons (Fsp3) is 0.474. The largest absolute Gasteiger partial charge is 0.353 e. The summed E-state index contributed by atoms with van der Waals surface area (Å²) in [4.78, 5) is 31.9. The highest BCUT2D eigenvalue weighted by Crippen LogP contribution is 2.16. The van der Waals surface area contributed by atoms with Gasteiger partial charge in [-0.25, -0.2) is 15.0 Å². The lowest BCUT2D eigenvalue weighted by Gasteiger charge is -2.35. The maximum absolute atomic E-state index is 12.5. The van der Waals surface area contributed by atoms with Crippen molar-refractivity contribution >= 4 is 17.7 Å². The van der Waals surface area contributed by atoms with Crippen molar-refractivity contribution in [2.75, 3.05) is 49.6 Å². The van der Waals surface area contributed by atoms with E-state index in [0.29, 0.717) is 11.6 Å². The van der Waals surface area contributed by atoms with Gasteiger partial charge in [0.2, 0.25) is 5.95 Å². The molecule has 2 aromatic rings. The predicted octanol–water partition coefficient (Wildman–Crippen LogP) is 2.07. The van der Waals surface area contributed by atoms with E-state index in [1.165, 1.54) is 0 Å². The van der Waals surface area contributed by atoms with Gasteiger partial charge in [-0.15, -0.1) is 0 Å². The summed E-state index contributed by atoms with van der Waals surface area (Å²) in [6, 6.07) is 7.64. The summed E-state index contributed by atoms with van der Waals surface area (Å²) < 4.78 is 0. The molecule has 0 saturated carbocycles. The molecular weight excluding hydrogens is 328 g/mol. The SMILES string of the molecule is CCCCN(C)C(=O)c1ccnc(N2CCN(c3ccccn3)CC2)n1. The molecular formula is C19H26N6O. The van der Waals surface area contributed by atoms with Crippen molar-refractivity contribution < 1.29 is 4.79 Å². The van der Waals surface area contributed by atoms with Gasteiger partial charge >= 0.3 is 0 Å². The molecule has 1 aliphatic heterocycles. The fourth-order valence-corrected chi connectivity index (χ4v) is 2.99. The summed E-state index contributed by atoms with van der Waals surface area (Å²) in [6.45, 7) is 6.19. The number of unbranched alkanes of at least 4 members (excludes halogenated alkanes) is 1. The van der Waals surface area contributed by atoms with Gasteiger partial charge in [0.05, 0.1) is 0 Å². The van der Waals surface area contributed by atoms with E-state index in [0.717, 1.165) is 51.4 Å². The smallest absolute Gasteiger partial charge is 0.272 e. The average molecular weight is 354 g/mol. The van der Waals surface area contributed by atoms with Gasteiger partial charge in [-0.3, -0.25) is 4.79 Å². The van der Waals surface area contributed by atoms with Gasteiger partial charge in [-0.05, 0) is 24.6 Å². The standard InChI is InChI=1S/C19H26N6O/c1-3-4-11-23(2)18(26)16-8-10-21-19(22-16)25-14-12-24(13-15-25)17-7-5-6-9-20-17/h5-10H,3-4,11-15H2,1-2H3. The number of rotatable bonds is 6. The highest BCUT2D eigenvalue weighted by molar-refractivity contribution is 5.92. The molecule has 1 saturated heterocycles. The monoisotopic (exact) mass is 354 g/mol. The van der Waals surface area contributed by atoms with Gasteiger partial charge in [0, 0.05) is 52.2 Å². The first-order valence-corrected chi connectivity index (χ1v) is 9.18. The molecule has 0 spiro atoms. The molecule has 0 bridgehead atoms. The molecule has 138 valence electrons. The molecule has 3 heterocycles. The number of aromatic nitrogens is 3. The zero-order valence-corrected chi connectivity index (χ0v) is 15.5. The number of carbonyl (C=O) groups is 1. The summed E-state index contributed by atoms with van der Waals surface area (Å²) >= 11 is 0. The second-order valence-corrected chi connectivity index (χ2v) is 6.48. The molecule has 3 rings (SSSR count). The molecule has 2 aromatic heterocycles. The normalized spacial score (nSPS) is 14.4. The maximum Gasteiger partial charge on any atom is 0.272 e.